The van der Waals surface area contributed by atoms with Gasteiger partial charge in [-0.15, -0.1) is 12.4 Å². The lowest BCUT2D eigenvalue weighted by molar-refractivity contribution is -0.122. The van der Waals surface area contributed by atoms with Crippen molar-refractivity contribution in [2.24, 2.45) is 5.73 Å². The van der Waals surface area contributed by atoms with Crippen molar-refractivity contribution in [3.05, 3.63) is 0 Å². The summed E-state index contributed by atoms with van der Waals surface area (Å²) in [6.07, 6.45) is 0. The lowest BCUT2D eigenvalue weighted by Gasteiger charge is -2.05. The van der Waals surface area contributed by atoms with Gasteiger partial charge >= 0.3 is 0 Å². The number of hydrogen-bond acceptors (Lipinski definition) is 3. The highest BCUT2D eigenvalue weighted by molar-refractivity contribution is 5.85. The van der Waals surface area contributed by atoms with Crippen LogP contribution in [-0.4, -0.2) is 32.2 Å². The highest BCUT2D eigenvalue weighted by Gasteiger charge is 2.04. The van der Waals surface area contributed by atoms with Gasteiger partial charge in [-0.3, -0.25) is 4.79 Å². The zero-order chi connectivity index (χ0) is 7.98. The molecule has 0 saturated carbocycles. The molecule has 0 aliphatic carbocycles. The van der Waals surface area contributed by atoms with Crippen molar-refractivity contribution in [3.8, 4) is 0 Å². The largest absolute Gasteiger partial charge is 0.383 e. The topological polar surface area (TPSA) is 64.3 Å². The molecule has 0 saturated heterocycles. The minimum absolute atomic E-state index is 0. The summed E-state index contributed by atoms with van der Waals surface area (Å²) < 4.78 is 4.72. The van der Waals surface area contributed by atoms with Gasteiger partial charge in [0, 0.05) is 13.7 Å². The van der Waals surface area contributed by atoms with Gasteiger partial charge in [0.1, 0.15) is 0 Å². The number of methoxy groups -OCH3 is 1. The van der Waals surface area contributed by atoms with Crippen LogP contribution in [0.1, 0.15) is 6.92 Å². The first-order valence-corrected chi connectivity index (χ1v) is 3.20. The number of nitrogens with one attached hydrogen (secondary N) is 1. The molecule has 4 nitrogen and oxygen atoms in total. The Hall–Kier alpha value is -0.320. The normalized spacial score (nSPS) is 11.5. The van der Waals surface area contributed by atoms with Gasteiger partial charge in [0.25, 0.3) is 0 Å². The van der Waals surface area contributed by atoms with Crippen LogP contribution in [0.4, 0.5) is 0 Å². The van der Waals surface area contributed by atoms with Crippen LogP contribution in [0.5, 0.6) is 0 Å². The van der Waals surface area contributed by atoms with Crippen LogP contribution in [0, 0.1) is 0 Å². The molecule has 0 rings (SSSR count). The summed E-state index contributed by atoms with van der Waals surface area (Å²) in [5, 5.41) is 2.59. The van der Waals surface area contributed by atoms with E-state index in [0.717, 1.165) is 0 Å². The molecule has 0 unspecified atom stereocenters. The lowest BCUT2D eigenvalue weighted by atomic mass is 10.3. The highest BCUT2D eigenvalue weighted by atomic mass is 35.5. The molecule has 11 heavy (non-hydrogen) atoms. The van der Waals surface area contributed by atoms with Gasteiger partial charge in [-0.2, -0.15) is 0 Å². The standard InChI is InChI=1S/C6H14N2O2.ClH/c1-5(7)6(9)8-3-4-10-2;/h5H,3-4,7H2,1-2H3,(H,8,9);1H/t5-;/m0./s1. The molecular formula is C6H15ClN2O2. The molecule has 0 aromatic carbocycles. The smallest absolute Gasteiger partial charge is 0.236 e. The summed E-state index contributed by atoms with van der Waals surface area (Å²) in [4.78, 5) is 10.7. The summed E-state index contributed by atoms with van der Waals surface area (Å²) in [5.74, 6) is -0.142. The third-order valence-corrected chi connectivity index (χ3v) is 1.02. The van der Waals surface area contributed by atoms with Gasteiger partial charge in [-0.25, -0.2) is 0 Å². The first kappa shape index (κ1) is 13.3. The summed E-state index contributed by atoms with van der Waals surface area (Å²) >= 11 is 0. The fraction of sp³-hybridized carbons (Fsp3) is 0.833. The zero-order valence-corrected chi connectivity index (χ0v) is 7.61. The zero-order valence-electron chi connectivity index (χ0n) is 6.79. The van der Waals surface area contributed by atoms with Crippen molar-refractivity contribution in [2.45, 2.75) is 13.0 Å². The fourth-order valence-corrected chi connectivity index (χ4v) is 0.437. The van der Waals surface area contributed by atoms with Crippen molar-refractivity contribution in [2.75, 3.05) is 20.3 Å². The quantitative estimate of drug-likeness (QED) is 0.578. The monoisotopic (exact) mass is 182 g/mol. The molecule has 0 aliphatic heterocycles. The minimum atomic E-state index is -0.433. The van der Waals surface area contributed by atoms with Gasteiger partial charge in [-0.05, 0) is 6.92 Å². The first-order chi connectivity index (χ1) is 4.68. The van der Waals surface area contributed by atoms with Crippen LogP contribution in [0.3, 0.4) is 0 Å². The number of carbonyl (C=O) groups excluding carboxylic acids is 1. The van der Waals surface area contributed by atoms with E-state index in [2.05, 4.69) is 5.32 Å². The van der Waals surface area contributed by atoms with Crippen molar-refractivity contribution in [3.63, 3.8) is 0 Å². The maximum Gasteiger partial charge on any atom is 0.236 e. The molecule has 1 amide bonds. The fourth-order valence-electron chi connectivity index (χ4n) is 0.437. The number of nitrogens with two attached hydrogens (primary N) is 1. The van der Waals surface area contributed by atoms with E-state index in [-0.39, 0.29) is 18.3 Å². The molecule has 0 spiro atoms. The molecule has 68 valence electrons. The molecular weight excluding hydrogens is 168 g/mol. The van der Waals surface area contributed by atoms with E-state index in [1.807, 2.05) is 0 Å². The van der Waals surface area contributed by atoms with Crippen molar-refractivity contribution in [1.29, 1.82) is 0 Å². The third kappa shape index (κ3) is 7.58. The number of amides is 1. The number of halogens is 1. The summed E-state index contributed by atoms with van der Waals surface area (Å²) in [7, 11) is 1.58. The first-order valence-electron chi connectivity index (χ1n) is 3.20. The van der Waals surface area contributed by atoms with Crippen molar-refractivity contribution >= 4 is 18.3 Å². The average molecular weight is 183 g/mol. The van der Waals surface area contributed by atoms with Crippen LogP contribution >= 0.6 is 12.4 Å². The Balaban J connectivity index is 0. The van der Waals surface area contributed by atoms with E-state index >= 15 is 0 Å². The molecule has 0 fully saturated rings. The summed E-state index contributed by atoms with van der Waals surface area (Å²) in [6, 6.07) is -0.433. The Bertz CT molecular complexity index is 109. The number of rotatable bonds is 4. The van der Waals surface area contributed by atoms with E-state index in [0.29, 0.717) is 13.2 Å². The summed E-state index contributed by atoms with van der Waals surface area (Å²) in [6.45, 7) is 2.69. The molecule has 0 bridgehead atoms. The SMILES string of the molecule is COCCNC(=O)[C@H](C)N.Cl. The molecule has 0 radical (unpaired) electrons. The van der Waals surface area contributed by atoms with Gasteiger partial charge < -0.3 is 15.8 Å². The second kappa shape index (κ2) is 7.78. The Kier molecular flexibility index (Phi) is 9.40. The molecule has 0 aliphatic rings. The Morgan fingerprint density at radius 3 is 2.64 bits per heavy atom. The predicted octanol–water partition coefficient (Wildman–Crippen LogP) is -0.482. The van der Waals surface area contributed by atoms with Crippen LogP contribution < -0.4 is 11.1 Å². The molecule has 0 aromatic heterocycles. The van der Waals surface area contributed by atoms with E-state index in [1.54, 1.807) is 14.0 Å². The number of carbonyl (C=O) groups is 1. The predicted molar refractivity (Wildman–Crippen MR) is 45.8 cm³/mol. The van der Waals surface area contributed by atoms with Crippen LogP contribution in [-0.2, 0) is 9.53 Å². The highest BCUT2D eigenvalue weighted by Crippen LogP contribution is 1.73. The maximum atomic E-state index is 10.7. The lowest BCUT2D eigenvalue weighted by Crippen LogP contribution is -2.39. The average Bonchev–Trinajstić information content (AvgIpc) is 1.88. The van der Waals surface area contributed by atoms with Crippen molar-refractivity contribution in [1.82, 2.24) is 5.32 Å². The Morgan fingerprint density at radius 1 is 1.73 bits per heavy atom. The van der Waals surface area contributed by atoms with Crippen LogP contribution in [0.15, 0.2) is 0 Å². The van der Waals surface area contributed by atoms with Gasteiger partial charge in [0.2, 0.25) is 5.91 Å². The van der Waals surface area contributed by atoms with E-state index in [9.17, 15) is 4.79 Å². The second-order valence-corrected chi connectivity index (χ2v) is 2.07. The Labute approximate surface area is 72.9 Å². The number of ether oxygens (including phenoxy) is 1. The van der Waals surface area contributed by atoms with E-state index in [4.69, 9.17) is 10.5 Å². The second-order valence-electron chi connectivity index (χ2n) is 2.07. The van der Waals surface area contributed by atoms with E-state index in [1.165, 1.54) is 0 Å². The van der Waals surface area contributed by atoms with Gasteiger partial charge in [0.15, 0.2) is 0 Å². The summed E-state index contributed by atoms with van der Waals surface area (Å²) in [5.41, 5.74) is 5.27. The third-order valence-electron chi connectivity index (χ3n) is 1.02. The van der Waals surface area contributed by atoms with E-state index < -0.39 is 6.04 Å². The van der Waals surface area contributed by atoms with Gasteiger partial charge in [0.05, 0.1) is 12.6 Å². The van der Waals surface area contributed by atoms with Crippen LogP contribution in [0.25, 0.3) is 0 Å². The molecule has 5 heteroatoms. The minimum Gasteiger partial charge on any atom is -0.383 e. The van der Waals surface area contributed by atoms with Crippen LogP contribution in [0.2, 0.25) is 0 Å². The maximum absolute atomic E-state index is 10.7. The molecule has 1 atom stereocenters. The molecule has 3 N–H and O–H groups in total. The Morgan fingerprint density at radius 2 is 2.27 bits per heavy atom. The number of hydrogen-bond donors (Lipinski definition) is 2. The molecule has 0 aromatic rings. The van der Waals surface area contributed by atoms with Gasteiger partial charge in [-0.1, -0.05) is 0 Å². The van der Waals surface area contributed by atoms with Crippen molar-refractivity contribution < 1.29 is 9.53 Å². The molecule has 0 heterocycles.